The highest BCUT2D eigenvalue weighted by Crippen LogP contribution is 2.10. The molecule has 3 N–H and O–H groups in total. The first kappa shape index (κ1) is 10.6. The molecule has 13 heavy (non-hydrogen) atoms. The van der Waals surface area contributed by atoms with Crippen molar-refractivity contribution in [1.82, 2.24) is 10.3 Å². The summed E-state index contributed by atoms with van der Waals surface area (Å²) >= 11 is 1.73. The summed E-state index contributed by atoms with van der Waals surface area (Å²) in [7, 11) is 0. The van der Waals surface area contributed by atoms with Gasteiger partial charge in [0.15, 0.2) is 0 Å². The van der Waals surface area contributed by atoms with Crippen molar-refractivity contribution in [3.63, 3.8) is 0 Å². The molecule has 1 aromatic rings. The van der Waals surface area contributed by atoms with E-state index in [0.717, 1.165) is 24.5 Å². The Morgan fingerprint density at radius 2 is 2.46 bits per heavy atom. The van der Waals surface area contributed by atoms with E-state index in [-0.39, 0.29) is 6.04 Å². The van der Waals surface area contributed by atoms with Crippen molar-refractivity contribution in [2.45, 2.75) is 32.9 Å². The van der Waals surface area contributed by atoms with E-state index in [1.54, 1.807) is 11.3 Å². The third kappa shape index (κ3) is 3.85. The minimum absolute atomic E-state index is 0.265. The Morgan fingerprint density at radius 3 is 3.00 bits per heavy atom. The minimum Gasteiger partial charge on any atom is -0.327 e. The van der Waals surface area contributed by atoms with Gasteiger partial charge >= 0.3 is 0 Å². The van der Waals surface area contributed by atoms with Crippen molar-refractivity contribution >= 4 is 11.3 Å². The maximum absolute atomic E-state index is 5.76. The van der Waals surface area contributed by atoms with E-state index in [2.05, 4.69) is 24.1 Å². The molecular formula is C9H17N3S. The van der Waals surface area contributed by atoms with Crippen LogP contribution in [0.1, 0.15) is 23.2 Å². The summed E-state index contributed by atoms with van der Waals surface area (Å²) in [5.41, 5.74) is 5.76. The van der Waals surface area contributed by atoms with Crippen LogP contribution in [0.5, 0.6) is 0 Å². The second-order valence-electron chi connectivity index (χ2n) is 3.16. The number of hydrogen-bond acceptors (Lipinski definition) is 4. The molecule has 1 unspecified atom stereocenters. The maximum Gasteiger partial charge on any atom is 0.107 e. The van der Waals surface area contributed by atoms with Gasteiger partial charge in [0, 0.05) is 30.2 Å². The van der Waals surface area contributed by atoms with Crippen LogP contribution in [0, 0.1) is 6.92 Å². The van der Waals surface area contributed by atoms with Crippen LogP contribution in [-0.4, -0.2) is 17.6 Å². The largest absolute Gasteiger partial charge is 0.327 e. The monoisotopic (exact) mass is 199 g/mol. The Kier molecular flexibility index (Phi) is 4.35. The van der Waals surface area contributed by atoms with Gasteiger partial charge in [0.05, 0.1) is 0 Å². The zero-order chi connectivity index (χ0) is 9.68. The predicted molar refractivity (Wildman–Crippen MR) is 56.8 cm³/mol. The standard InChI is InChI=1S/C9H17N3S/c1-3-8(10)5-11-6-9-12-4-7(2)13-9/h4,8,11H,3,5-6,10H2,1-2H3. The fraction of sp³-hybridized carbons (Fsp3) is 0.667. The molecule has 0 amide bonds. The predicted octanol–water partition coefficient (Wildman–Crippen LogP) is 1.28. The van der Waals surface area contributed by atoms with Crippen LogP contribution in [-0.2, 0) is 6.54 Å². The normalized spacial score (nSPS) is 13.2. The maximum atomic E-state index is 5.76. The summed E-state index contributed by atoms with van der Waals surface area (Å²) in [6, 6.07) is 0.265. The molecule has 0 spiro atoms. The van der Waals surface area contributed by atoms with Gasteiger partial charge in [0.25, 0.3) is 0 Å². The molecule has 4 heteroatoms. The average molecular weight is 199 g/mol. The molecule has 0 bridgehead atoms. The Morgan fingerprint density at radius 1 is 1.69 bits per heavy atom. The third-order valence-electron chi connectivity index (χ3n) is 1.88. The fourth-order valence-corrected chi connectivity index (χ4v) is 1.75. The van der Waals surface area contributed by atoms with Crippen LogP contribution >= 0.6 is 11.3 Å². The molecule has 0 aliphatic carbocycles. The smallest absolute Gasteiger partial charge is 0.107 e. The van der Waals surface area contributed by atoms with Gasteiger partial charge in [-0.15, -0.1) is 11.3 Å². The zero-order valence-corrected chi connectivity index (χ0v) is 9.03. The van der Waals surface area contributed by atoms with Crippen LogP contribution in [0.25, 0.3) is 0 Å². The van der Waals surface area contributed by atoms with Crippen LogP contribution in [0.3, 0.4) is 0 Å². The van der Waals surface area contributed by atoms with E-state index in [9.17, 15) is 0 Å². The van der Waals surface area contributed by atoms with E-state index in [0.29, 0.717) is 0 Å². The number of aromatic nitrogens is 1. The van der Waals surface area contributed by atoms with E-state index in [4.69, 9.17) is 5.73 Å². The second kappa shape index (κ2) is 5.32. The molecule has 0 saturated carbocycles. The fourth-order valence-electron chi connectivity index (χ4n) is 0.992. The molecule has 1 aromatic heterocycles. The molecule has 0 saturated heterocycles. The lowest BCUT2D eigenvalue weighted by atomic mass is 10.2. The van der Waals surface area contributed by atoms with Crippen molar-refractivity contribution in [1.29, 1.82) is 0 Å². The Bertz CT molecular complexity index is 247. The first-order chi connectivity index (χ1) is 6.22. The van der Waals surface area contributed by atoms with Gasteiger partial charge in [-0.3, -0.25) is 0 Å². The molecule has 0 aliphatic rings. The summed E-state index contributed by atoms with van der Waals surface area (Å²) < 4.78 is 0. The number of hydrogen-bond donors (Lipinski definition) is 2. The quantitative estimate of drug-likeness (QED) is 0.751. The molecule has 0 aliphatic heterocycles. The molecule has 0 aromatic carbocycles. The van der Waals surface area contributed by atoms with E-state index in [1.165, 1.54) is 4.88 Å². The summed E-state index contributed by atoms with van der Waals surface area (Å²) in [6.45, 7) is 5.88. The summed E-state index contributed by atoms with van der Waals surface area (Å²) in [5.74, 6) is 0. The van der Waals surface area contributed by atoms with E-state index >= 15 is 0 Å². The molecule has 3 nitrogen and oxygen atoms in total. The number of nitrogens with one attached hydrogen (secondary N) is 1. The minimum atomic E-state index is 0.265. The van der Waals surface area contributed by atoms with Crippen LogP contribution in [0.15, 0.2) is 6.20 Å². The number of rotatable bonds is 5. The zero-order valence-electron chi connectivity index (χ0n) is 8.21. The number of aryl methyl sites for hydroxylation is 1. The van der Waals surface area contributed by atoms with Gasteiger partial charge in [-0.05, 0) is 13.3 Å². The van der Waals surface area contributed by atoms with Crippen molar-refractivity contribution in [3.05, 3.63) is 16.1 Å². The average Bonchev–Trinajstić information content (AvgIpc) is 2.51. The van der Waals surface area contributed by atoms with Gasteiger partial charge in [-0.2, -0.15) is 0 Å². The van der Waals surface area contributed by atoms with Gasteiger partial charge < -0.3 is 11.1 Å². The number of nitrogens with two attached hydrogens (primary N) is 1. The van der Waals surface area contributed by atoms with Crippen LogP contribution in [0.4, 0.5) is 0 Å². The molecule has 0 radical (unpaired) electrons. The van der Waals surface area contributed by atoms with Gasteiger partial charge in [0.2, 0.25) is 0 Å². The molecule has 1 rings (SSSR count). The van der Waals surface area contributed by atoms with Gasteiger partial charge in [0.1, 0.15) is 5.01 Å². The lowest BCUT2D eigenvalue weighted by Gasteiger charge is -2.08. The lowest BCUT2D eigenvalue weighted by molar-refractivity contribution is 0.562. The van der Waals surface area contributed by atoms with Crippen LogP contribution < -0.4 is 11.1 Å². The van der Waals surface area contributed by atoms with Crippen molar-refractivity contribution in [2.24, 2.45) is 5.73 Å². The number of thiazole rings is 1. The summed E-state index contributed by atoms with van der Waals surface area (Å²) in [6.07, 6.45) is 2.92. The van der Waals surface area contributed by atoms with Crippen molar-refractivity contribution in [2.75, 3.05) is 6.54 Å². The van der Waals surface area contributed by atoms with E-state index in [1.807, 2.05) is 6.20 Å². The van der Waals surface area contributed by atoms with Crippen molar-refractivity contribution < 1.29 is 0 Å². The van der Waals surface area contributed by atoms with E-state index < -0.39 is 0 Å². The Balaban J connectivity index is 2.20. The third-order valence-corrected chi connectivity index (χ3v) is 2.79. The Labute approximate surface area is 83.4 Å². The summed E-state index contributed by atoms with van der Waals surface area (Å²) in [4.78, 5) is 5.51. The van der Waals surface area contributed by atoms with Crippen molar-refractivity contribution in [3.8, 4) is 0 Å². The molecule has 1 atom stereocenters. The Hall–Kier alpha value is -0.450. The summed E-state index contributed by atoms with van der Waals surface area (Å²) in [5, 5.41) is 4.43. The molecule has 0 fully saturated rings. The highest BCUT2D eigenvalue weighted by Gasteiger charge is 2.00. The molecule has 74 valence electrons. The second-order valence-corrected chi connectivity index (χ2v) is 4.48. The van der Waals surface area contributed by atoms with Gasteiger partial charge in [-0.25, -0.2) is 4.98 Å². The highest BCUT2D eigenvalue weighted by atomic mass is 32.1. The first-order valence-corrected chi connectivity index (χ1v) is 5.41. The number of nitrogens with zero attached hydrogens (tertiary/aromatic N) is 1. The lowest BCUT2D eigenvalue weighted by Crippen LogP contribution is -2.32. The molecule has 1 heterocycles. The highest BCUT2D eigenvalue weighted by molar-refractivity contribution is 7.11. The first-order valence-electron chi connectivity index (χ1n) is 4.60. The topological polar surface area (TPSA) is 50.9 Å². The SMILES string of the molecule is CCC(N)CNCc1ncc(C)s1. The molecular weight excluding hydrogens is 182 g/mol. The van der Waals surface area contributed by atoms with Crippen LogP contribution in [0.2, 0.25) is 0 Å². The van der Waals surface area contributed by atoms with Gasteiger partial charge in [-0.1, -0.05) is 6.92 Å².